The topological polar surface area (TPSA) is 26.0 Å². The molecule has 0 saturated heterocycles. The van der Waals surface area contributed by atoms with Gasteiger partial charge in [0, 0.05) is 5.75 Å². The minimum Gasteiger partial charge on any atom is -0.330 e. The lowest BCUT2D eigenvalue weighted by Gasteiger charge is -1.95. The van der Waals surface area contributed by atoms with E-state index in [0.717, 1.165) is 24.5 Å². The average Bonchev–Trinajstić information content (AvgIpc) is 2.25. The smallest absolute Gasteiger partial charge is 0.0116 e. The van der Waals surface area contributed by atoms with Gasteiger partial charge >= 0.3 is 0 Å². The van der Waals surface area contributed by atoms with Crippen LogP contribution in [0.25, 0.3) is 6.08 Å². The molecule has 0 amide bonds. The molecule has 0 radical (unpaired) electrons. The Hall–Kier alpha value is -0.730. The maximum atomic E-state index is 5.40. The first-order valence-corrected chi connectivity index (χ1v) is 6.08. The van der Waals surface area contributed by atoms with E-state index in [1.165, 1.54) is 5.56 Å². The van der Waals surface area contributed by atoms with Gasteiger partial charge in [0.05, 0.1) is 0 Å². The third-order valence-electron chi connectivity index (χ3n) is 1.82. The van der Waals surface area contributed by atoms with Gasteiger partial charge in [-0.25, -0.2) is 0 Å². The lowest BCUT2D eigenvalue weighted by Crippen LogP contribution is -1.99. The number of thioether (sulfide) groups is 1. The Balaban J connectivity index is 2.15. The summed E-state index contributed by atoms with van der Waals surface area (Å²) in [6, 6.07) is 10.4. The number of benzene rings is 1. The molecule has 0 atom stereocenters. The van der Waals surface area contributed by atoms with Crippen molar-refractivity contribution in [2.75, 3.05) is 18.1 Å². The van der Waals surface area contributed by atoms with Crippen LogP contribution in [0.1, 0.15) is 12.0 Å². The molecule has 0 unspecified atom stereocenters. The SMILES string of the molecule is NCCCSCC=Cc1ccccc1. The highest BCUT2D eigenvalue weighted by molar-refractivity contribution is 7.99. The van der Waals surface area contributed by atoms with Gasteiger partial charge in [-0.05, 0) is 24.3 Å². The molecule has 0 aromatic heterocycles. The lowest BCUT2D eigenvalue weighted by atomic mass is 10.2. The van der Waals surface area contributed by atoms with E-state index >= 15 is 0 Å². The van der Waals surface area contributed by atoms with E-state index < -0.39 is 0 Å². The van der Waals surface area contributed by atoms with Crippen molar-refractivity contribution in [3.8, 4) is 0 Å². The molecule has 2 heteroatoms. The molecular formula is C12H17NS. The molecule has 1 nitrogen and oxygen atoms in total. The van der Waals surface area contributed by atoms with E-state index in [-0.39, 0.29) is 0 Å². The van der Waals surface area contributed by atoms with Crippen molar-refractivity contribution in [3.63, 3.8) is 0 Å². The Morgan fingerprint density at radius 2 is 2.00 bits per heavy atom. The number of nitrogens with two attached hydrogens (primary N) is 1. The fourth-order valence-corrected chi connectivity index (χ4v) is 1.85. The summed E-state index contributed by atoms with van der Waals surface area (Å²) < 4.78 is 0. The van der Waals surface area contributed by atoms with E-state index in [1.807, 2.05) is 17.8 Å². The number of rotatable bonds is 6. The summed E-state index contributed by atoms with van der Waals surface area (Å²) >= 11 is 1.93. The fraction of sp³-hybridized carbons (Fsp3) is 0.333. The zero-order valence-corrected chi connectivity index (χ0v) is 9.17. The van der Waals surface area contributed by atoms with E-state index in [2.05, 4.69) is 36.4 Å². The van der Waals surface area contributed by atoms with Gasteiger partial charge in [0.25, 0.3) is 0 Å². The van der Waals surface area contributed by atoms with Gasteiger partial charge in [0.2, 0.25) is 0 Å². The van der Waals surface area contributed by atoms with Crippen LogP contribution in [0.2, 0.25) is 0 Å². The van der Waals surface area contributed by atoms with Gasteiger partial charge < -0.3 is 5.73 Å². The normalized spacial score (nSPS) is 10.9. The molecule has 0 saturated carbocycles. The van der Waals surface area contributed by atoms with Crippen LogP contribution in [0.5, 0.6) is 0 Å². The minimum atomic E-state index is 0.801. The Kier molecular flexibility index (Phi) is 6.20. The van der Waals surface area contributed by atoms with Crippen LogP contribution >= 0.6 is 11.8 Å². The fourth-order valence-electron chi connectivity index (χ4n) is 1.09. The maximum Gasteiger partial charge on any atom is 0.0116 e. The molecule has 1 aromatic rings. The van der Waals surface area contributed by atoms with Crippen LogP contribution < -0.4 is 5.73 Å². The number of hydrogen-bond acceptors (Lipinski definition) is 2. The Morgan fingerprint density at radius 3 is 2.71 bits per heavy atom. The predicted octanol–water partition coefficient (Wildman–Crippen LogP) is 2.78. The van der Waals surface area contributed by atoms with Crippen molar-refractivity contribution in [2.24, 2.45) is 5.73 Å². The second kappa shape index (κ2) is 7.65. The first-order valence-electron chi connectivity index (χ1n) is 4.93. The van der Waals surface area contributed by atoms with Crippen LogP contribution in [-0.4, -0.2) is 18.1 Å². The Labute approximate surface area is 90.4 Å². The van der Waals surface area contributed by atoms with Crippen molar-refractivity contribution < 1.29 is 0 Å². The molecule has 14 heavy (non-hydrogen) atoms. The Morgan fingerprint density at radius 1 is 1.21 bits per heavy atom. The van der Waals surface area contributed by atoms with Gasteiger partial charge in [-0.1, -0.05) is 42.5 Å². The molecule has 0 aliphatic carbocycles. The van der Waals surface area contributed by atoms with Crippen molar-refractivity contribution in [1.82, 2.24) is 0 Å². The molecular weight excluding hydrogens is 190 g/mol. The lowest BCUT2D eigenvalue weighted by molar-refractivity contribution is 0.944. The molecule has 0 aliphatic rings. The molecule has 1 rings (SSSR count). The van der Waals surface area contributed by atoms with Crippen LogP contribution in [-0.2, 0) is 0 Å². The summed E-state index contributed by atoms with van der Waals surface area (Å²) in [5.41, 5.74) is 6.67. The minimum absolute atomic E-state index is 0.801. The largest absolute Gasteiger partial charge is 0.330 e. The van der Waals surface area contributed by atoms with Crippen molar-refractivity contribution >= 4 is 17.8 Å². The Bertz CT molecular complexity index is 256. The van der Waals surface area contributed by atoms with Gasteiger partial charge in [0.15, 0.2) is 0 Å². The van der Waals surface area contributed by atoms with E-state index in [4.69, 9.17) is 5.73 Å². The summed E-state index contributed by atoms with van der Waals surface area (Å²) in [6.07, 6.45) is 5.48. The molecule has 0 spiro atoms. The van der Waals surface area contributed by atoms with Gasteiger partial charge in [0.1, 0.15) is 0 Å². The van der Waals surface area contributed by atoms with Crippen molar-refractivity contribution in [2.45, 2.75) is 6.42 Å². The monoisotopic (exact) mass is 207 g/mol. The maximum absolute atomic E-state index is 5.40. The second-order valence-corrected chi connectivity index (χ2v) is 4.18. The van der Waals surface area contributed by atoms with Gasteiger partial charge in [-0.2, -0.15) is 11.8 Å². The van der Waals surface area contributed by atoms with E-state index in [1.54, 1.807) is 0 Å². The highest BCUT2D eigenvalue weighted by Crippen LogP contribution is 2.05. The highest BCUT2D eigenvalue weighted by Gasteiger charge is 1.85. The van der Waals surface area contributed by atoms with E-state index in [9.17, 15) is 0 Å². The van der Waals surface area contributed by atoms with E-state index in [0.29, 0.717) is 0 Å². The molecule has 0 heterocycles. The summed E-state index contributed by atoms with van der Waals surface area (Å²) in [6.45, 7) is 0.801. The third-order valence-corrected chi connectivity index (χ3v) is 2.82. The molecule has 0 aliphatic heterocycles. The summed E-state index contributed by atoms with van der Waals surface area (Å²) in [4.78, 5) is 0. The quantitative estimate of drug-likeness (QED) is 0.726. The van der Waals surface area contributed by atoms with Gasteiger partial charge in [-0.15, -0.1) is 0 Å². The summed E-state index contributed by atoms with van der Waals surface area (Å²) in [7, 11) is 0. The molecule has 0 bridgehead atoms. The highest BCUT2D eigenvalue weighted by atomic mass is 32.2. The molecule has 1 aromatic carbocycles. The first kappa shape index (κ1) is 11.3. The average molecular weight is 207 g/mol. The zero-order valence-electron chi connectivity index (χ0n) is 8.36. The van der Waals surface area contributed by atoms with Crippen molar-refractivity contribution in [3.05, 3.63) is 42.0 Å². The van der Waals surface area contributed by atoms with Crippen LogP contribution in [0, 0.1) is 0 Å². The van der Waals surface area contributed by atoms with Crippen molar-refractivity contribution in [1.29, 1.82) is 0 Å². The molecule has 2 N–H and O–H groups in total. The zero-order chi connectivity index (χ0) is 10.1. The van der Waals surface area contributed by atoms with Crippen LogP contribution in [0.15, 0.2) is 36.4 Å². The van der Waals surface area contributed by atoms with Crippen LogP contribution in [0.4, 0.5) is 0 Å². The molecule has 76 valence electrons. The summed E-state index contributed by atoms with van der Waals surface area (Å²) in [5, 5.41) is 0. The van der Waals surface area contributed by atoms with Crippen LogP contribution in [0.3, 0.4) is 0 Å². The standard InChI is InChI=1S/C12H17NS/c13-9-5-11-14-10-4-8-12-6-2-1-3-7-12/h1-4,6-8H,5,9-11,13H2. The summed E-state index contributed by atoms with van der Waals surface area (Å²) in [5.74, 6) is 2.24. The predicted molar refractivity (Wildman–Crippen MR) is 66.5 cm³/mol. The first-order chi connectivity index (χ1) is 6.93. The van der Waals surface area contributed by atoms with Gasteiger partial charge in [-0.3, -0.25) is 0 Å². The number of hydrogen-bond donors (Lipinski definition) is 1. The third kappa shape index (κ3) is 5.10. The second-order valence-electron chi connectivity index (χ2n) is 3.03. The molecule has 0 fully saturated rings.